The minimum atomic E-state index is 0.738. The highest BCUT2D eigenvalue weighted by molar-refractivity contribution is 7.15. The first kappa shape index (κ1) is 16.4. The first-order valence-corrected chi connectivity index (χ1v) is 9.50. The third-order valence-electron chi connectivity index (χ3n) is 4.84. The molecule has 1 aliphatic rings. The van der Waals surface area contributed by atoms with Gasteiger partial charge in [-0.1, -0.05) is 0 Å². The average molecular weight is 360 g/mol. The van der Waals surface area contributed by atoms with Crippen LogP contribution in [0.15, 0.2) is 29.8 Å². The van der Waals surface area contributed by atoms with Crippen LogP contribution in [0.1, 0.15) is 5.69 Å². The number of fused-ring (bicyclic) bond motifs is 1. The average Bonchev–Trinajstić information content (AvgIpc) is 3.25. The standard InChI is InChI=1S/C18H22N4O2S/c1-23-15-4-3-13(11-16(15)24-2)17-14(12-21-7-5-19-6-8-21)22-9-10-25-18(22)20-17/h3-4,9-11,19H,5-8,12H2,1-2H3/p+2. The lowest BCUT2D eigenvalue weighted by atomic mass is 10.1. The molecule has 0 atom stereocenters. The van der Waals surface area contributed by atoms with Crippen molar-refractivity contribution in [1.82, 2.24) is 9.38 Å². The lowest BCUT2D eigenvalue weighted by molar-refractivity contribution is -0.958. The SMILES string of the molecule is COc1ccc(-c2nc3sccn3c2C[NH+]2CC[NH2+]CC2)cc1OC. The van der Waals surface area contributed by atoms with Crippen LogP contribution in [0, 0.1) is 0 Å². The Balaban J connectivity index is 1.76. The zero-order valence-corrected chi connectivity index (χ0v) is 15.4. The summed E-state index contributed by atoms with van der Waals surface area (Å²) in [7, 11) is 3.33. The van der Waals surface area contributed by atoms with Crippen LogP contribution in [0.2, 0.25) is 0 Å². The molecular formula is C18H24N4O2S+2. The molecule has 0 bridgehead atoms. The van der Waals surface area contributed by atoms with Gasteiger partial charge in [-0.05, 0) is 18.2 Å². The summed E-state index contributed by atoms with van der Waals surface area (Å²) < 4.78 is 13.1. The lowest BCUT2D eigenvalue weighted by Crippen LogP contribution is -3.19. The van der Waals surface area contributed by atoms with Gasteiger partial charge in [0.25, 0.3) is 0 Å². The molecule has 0 radical (unpaired) electrons. The Morgan fingerprint density at radius 1 is 1.20 bits per heavy atom. The van der Waals surface area contributed by atoms with E-state index in [-0.39, 0.29) is 0 Å². The van der Waals surface area contributed by atoms with Gasteiger partial charge in [-0.25, -0.2) is 4.98 Å². The van der Waals surface area contributed by atoms with Gasteiger partial charge in [0.15, 0.2) is 16.5 Å². The van der Waals surface area contributed by atoms with E-state index >= 15 is 0 Å². The second-order valence-corrected chi connectivity index (χ2v) is 7.20. The largest absolute Gasteiger partial charge is 0.493 e. The molecule has 0 amide bonds. The Morgan fingerprint density at radius 2 is 2.00 bits per heavy atom. The predicted octanol–water partition coefficient (Wildman–Crippen LogP) is 0.0419. The molecule has 1 aromatic carbocycles. The van der Waals surface area contributed by atoms with Crippen molar-refractivity contribution in [3.63, 3.8) is 0 Å². The van der Waals surface area contributed by atoms with E-state index in [1.165, 1.54) is 31.9 Å². The van der Waals surface area contributed by atoms with Gasteiger partial charge in [0.2, 0.25) is 0 Å². The van der Waals surface area contributed by atoms with Gasteiger partial charge in [0.1, 0.15) is 38.4 Å². The molecule has 3 aromatic rings. The predicted molar refractivity (Wildman–Crippen MR) is 97.7 cm³/mol. The fourth-order valence-corrected chi connectivity index (χ4v) is 4.24. The molecule has 1 aliphatic heterocycles. The highest BCUT2D eigenvalue weighted by Crippen LogP contribution is 2.34. The molecule has 3 heterocycles. The third kappa shape index (κ3) is 3.10. The van der Waals surface area contributed by atoms with E-state index < -0.39 is 0 Å². The molecule has 3 N–H and O–H groups in total. The van der Waals surface area contributed by atoms with Crippen LogP contribution in [-0.4, -0.2) is 49.8 Å². The molecule has 2 aromatic heterocycles. The number of nitrogens with one attached hydrogen (secondary N) is 1. The van der Waals surface area contributed by atoms with Crippen LogP contribution in [0.4, 0.5) is 0 Å². The van der Waals surface area contributed by atoms with Crippen LogP contribution in [-0.2, 0) is 6.54 Å². The second-order valence-electron chi connectivity index (χ2n) is 6.33. The first-order valence-electron chi connectivity index (χ1n) is 8.62. The normalized spacial score (nSPS) is 15.6. The maximum atomic E-state index is 5.48. The molecule has 4 rings (SSSR count). The van der Waals surface area contributed by atoms with Crippen LogP contribution in [0.5, 0.6) is 11.5 Å². The zero-order chi connectivity index (χ0) is 17.2. The molecule has 6 nitrogen and oxygen atoms in total. The number of aromatic nitrogens is 2. The molecule has 0 spiro atoms. The van der Waals surface area contributed by atoms with Gasteiger partial charge in [0, 0.05) is 17.1 Å². The van der Waals surface area contributed by atoms with Gasteiger partial charge in [-0.3, -0.25) is 4.40 Å². The summed E-state index contributed by atoms with van der Waals surface area (Å²) in [6, 6.07) is 6.04. The van der Waals surface area contributed by atoms with Gasteiger partial charge >= 0.3 is 0 Å². The molecule has 132 valence electrons. The second kappa shape index (κ2) is 7.03. The fourth-order valence-electron chi connectivity index (χ4n) is 3.51. The summed E-state index contributed by atoms with van der Waals surface area (Å²) in [5.41, 5.74) is 3.40. The smallest absolute Gasteiger partial charge is 0.194 e. The third-order valence-corrected chi connectivity index (χ3v) is 5.60. The number of rotatable bonds is 5. The van der Waals surface area contributed by atoms with Gasteiger partial charge in [-0.15, -0.1) is 11.3 Å². The molecule has 1 fully saturated rings. The number of hydrogen-bond acceptors (Lipinski definition) is 4. The van der Waals surface area contributed by atoms with E-state index in [2.05, 4.69) is 27.4 Å². The van der Waals surface area contributed by atoms with Crippen molar-refractivity contribution in [2.24, 2.45) is 0 Å². The summed E-state index contributed by atoms with van der Waals surface area (Å²) in [5, 5.41) is 4.50. The number of imidazole rings is 1. The highest BCUT2D eigenvalue weighted by atomic mass is 32.1. The number of ether oxygens (including phenoxy) is 2. The number of hydrogen-bond donors (Lipinski definition) is 2. The molecule has 0 aliphatic carbocycles. The Kier molecular flexibility index (Phi) is 4.61. The van der Waals surface area contributed by atoms with E-state index in [9.17, 15) is 0 Å². The van der Waals surface area contributed by atoms with Gasteiger partial charge < -0.3 is 19.7 Å². The van der Waals surface area contributed by atoms with Crippen LogP contribution in [0.3, 0.4) is 0 Å². The van der Waals surface area contributed by atoms with E-state index in [1.807, 2.05) is 12.1 Å². The first-order chi connectivity index (χ1) is 12.3. The number of nitrogens with two attached hydrogens (primary N) is 1. The highest BCUT2D eigenvalue weighted by Gasteiger charge is 2.23. The van der Waals surface area contributed by atoms with Gasteiger partial charge in [0.05, 0.1) is 19.9 Å². The quantitative estimate of drug-likeness (QED) is 0.676. The van der Waals surface area contributed by atoms with E-state index in [4.69, 9.17) is 14.5 Å². The van der Waals surface area contributed by atoms with Crippen LogP contribution in [0.25, 0.3) is 16.2 Å². The molecule has 7 heteroatoms. The summed E-state index contributed by atoms with van der Waals surface area (Å²) in [5.74, 6) is 1.48. The number of nitrogens with zero attached hydrogens (tertiary/aromatic N) is 2. The molecule has 25 heavy (non-hydrogen) atoms. The zero-order valence-electron chi connectivity index (χ0n) is 14.6. The number of piperazine rings is 1. The van der Waals surface area contributed by atoms with E-state index in [0.717, 1.165) is 34.3 Å². The Morgan fingerprint density at radius 3 is 2.76 bits per heavy atom. The van der Waals surface area contributed by atoms with Crippen molar-refractivity contribution in [1.29, 1.82) is 0 Å². The van der Waals surface area contributed by atoms with Crippen molar-refractivity contribution in [3.8, 4) is 22.8 Å². The van der Waals surface area contributed by atoms with E-state index in [0.29, 0.717) is 0 Å². The summed E-state index contributed by atoms with van der Waals surface area (Å²) >= 11 is 1.68. The van der Waals surface area contributed by atoms with Crippen molar-refractivity contribution < 1.29 is 19.7 Å². The topological polar surface area (TPSA) is 56.8 Å². The fraction of sp³-hybridized carbons (Fsp3) is 0.389. The lowest BCUT2D eigenvalue weighted by Gasteiger charge is -2.22. The number of thiazole rings is 1. The number of benzene rings is 1. The Labute approximate surface area is 151 Å². The summed E-state index contributed by atoms with van der Waals surface area (Å²) in [6.45, 7) is 5.79. The molecule has 0 saturated carbocycles. The number of quaternary nitrogens is 2. The van der Waals surface area contributed by atoms with E-state index in [1.54, 1.807) is 30.5 Å². The van der Waals surface area contributed by atoms with Crippen molar-refractivity contribution in [2.45, 2.75) is 6.54 Å². The van der Waals surface area contributed by atoms with Crippen LogP contribution < -0.4 is 19.7 Å². The summed E-state index contributed by atoms with van der Waals surface area (Å²) in [6.07, 6.45) is 2.13. The van der Waals surface area contributed by atoms with Crippen molar-refractivity contribution >= 4 is 16.3 Å². The summed E-state index contributed by atoms with van der Waals surface area (Å²) in [4.78, 5) is 7.57. The van der Waals surface area contributed by atoms with Crippen molar-refractivity contribution in [3.05, 3.63) is 35.5 Å². The Bertz CT molecular complexity index is 867. The Hall–Kier alpha value is -2.09. The minimum absolute atomic E-state index is 0.738. The van der Waals surface area contributed by atoms with Gasteiger partial charge in [-0.2, -0.15) is 0 Å². The maximum Gasteiger partial charge on any atom is 0.194 e. The minimum Gasteiger partial charge on any atom is -0.493 e. The maximum absolute atomic E-state index is 5.48. The van der Waals surface area contributed by atoms with Crippen molar-refractivity contribution in [2.75, 3.05) is 40.4 Å². The number of methoxy groups -OCH3 is 2. The van der Waals surface area contributed by atoms with Crippen LogP contribution >= 0.6 is 11.3 Å². The molecule has 1 saturated heterocycles. The molecular weight excluding hydrogens is 336 g/mol. The monoisotopic (exact) mass is 360 g/mol. The molecule has 0 unspecified atom stereocenters.